The number of fused-ring (bicyclic) bond motifs is 6. The average Bonchev–Trinajstić information content (AvgIpc) is 3.66. The van der Waals surface area contributed by atoms with Crippen molar-refractivity contribution in [3.8, 4) is 45.3 Å². The maximum absolute atomic E-state index is 5.06. The number of hydrogen-bond donors (Lipinski definition) is 0. The van der Waals surface area contributed by atoms with Crippen molar-refractivity contribution < 1.29 is 31.1 Å². The molecule has 0 aliphatic heterocycles. The van der Waals surface area contributed by atoms with Gasteiger partial charge in [-0.15, -0.1) is 40.9 Å². The van der Waals surface area contributed by atoms with E-state index in [-0.39, 0.29) is 31.1 Å². The van der Waals surface area contributed by atoms with Crippen LogP contribution in [0.2, 0.25) is 0 Å². The van der Waals surface area contributed by atoms with Crippen molar-refractivity contribution in [1.82, 2.24) is 15.0 Å². The number of aromatic nitrogens is 3. The molecule has 0 amide bonds. The van der Waals surface area contributed by atoms with Crippen LogP contribution in [-0.2, 0) is 0 Å². The fraction of sp³-hybridized carbons (Fsp3) is 0. The molecule has 0 saturated carbocycles. The van der Waals surface area contributed by atoms with Crippen molar-refractivity contribution in [2.75, 3.05) is 0 Å². The number of nitrogens with zero attached hydrogens (tertiary/aromatic N) is 3. The van der Waals surface area contributed by atoms with E-state index in [1.807, 2.05) is 30.3 Å². The molecule has 3 aromatic heterocycles. The van der Waals surface area contributed by atoms with E-state index >= 15 is 0 Å². The van der Waals surface area contributed by atoms with Crippen LogP contribution in [0.4, 0.5) is 0 Å². The molecule has 3 heterocycles. The van der Waals surface area contributed by atoms with Crippen LogP contribution in [0.25, 0.3) is 85.6 Å². The fourth-order valence-electron chi connectivity index (χ4n) is 5.79. The van der Waals surface area contributed by atoms with Gasteiger partial charge in [0.2, 0.25) is 0 Å². The van der Waals surface area contributed by atoms with Gasteiger partial charge in [0.15, 0.2) is 11.6 Å². The van der Waals surface area contributed by atoms with Gasteiger partial charge in [-0.2, -0.15) is 36.4 Å². The molecule has 0 bridgehead atoms. The first-order chi connectivity index (χ1) is 21.8. The first kappa shape index (κ1) is 28.3. The zero-order valence-electron chi connectivity index (χ0n) is 23.8. The van der Waals surface area contributed by atoms with E-state index in [0.717, 1.165) is 27.8 Å². The Morgan fingerprint density at radius 1 is 0.422 bits per heavy atom. The molecule has 0 fully saturated rings. The zero-order valence-corrected chi connectivity index (χ0v) is 29.6. The van der Waals surface area contributed by atoms with Crippen LogP contribution in [0.1, 0.15) is 0 Å². The Bertz CT molecular complexity index is 2370. The molecule has 45 heavy (non-hydrogen) atoms. The van der Waals surface area contributed by atoms with Crippen molar-refractivity contribution in [2.45, 2.75) is 0 Å². The van der Waals surface area contributed by atoms with Gasteiger partial charge in [0.05, 0.1) is 0 Å². The number of rotatable bonds is 4. The van der Waals surface area contributed by atoms with Gasteiger partial charge in [-0.3, -0.25) is 0 Å². The molecule has 6 heteroatoms. The Hall–Kier alpha value is -4.18. The molecule has 3 nitrogen and oxygen atoms in total. The van der Waals surface area contributed by atoms with Gasteiger partial charge in [0, 0.05) is 51.5 Å². The SMILES string of the molecule is [U+2].[c-]1ccccc1-c1[c-]cc(-c2nc(-c3ccc4c(c3)sc3ccccc34)nc(-c3ccc4c(c3)sc3ccccc34)n2)cc1. The van der Waals surface area contributed by atoms with Gasteiger partial charge in [0.1, 0.15) is 5.82 Å². The number of hydrogen-bond acceptors (Lipinski definition) is 5. The molecule has 9 rings (SSSR count). The Balaban J connectivity index is 0.00000300. The summed E-state index contributed by atoms with van der Waals surface area (Å²) in [6.07, 6.45) is 0. The first-order valence-electron chi connectivity index (χ1n) is 14.4. The van der Waals surface area contributed by atoms with Crippen LogP contribution in [0.15, 0.2) is 127 Å². The summed E-state index contributed by atoms with van der Waals surface area (Å²) in [5.74, 6) is 1.93. The average molecular weight is 834 g/mol. The maximum Gasteiger partial charge on any atom is 2.00 e. The standard InChI is InChI=1S/C39H21N3S2.U/c1-2-8-24(9-3-1)25-14-16-26(17-15-25)37-40-38(27-18-20-31-29-10-4-6-12-33(29)43-35(31)22-27)42-39(41-37)28-19-21-32-30-11-5-7-13-34(30)44-36(32)23-28;/h1-8,10-14,16-23H;/q-2;+2. The molecule has 0 saturated heterocycles. The quantitative estimate of drug-likeness (QED) is 0.166. The minimum absolute atomic E-state index is 0. The zero-order chi connectivity index (χ0) is 29.0. The second kappa shape index (κ2) is 11.6. The molecule has 6 aromatic carbocycles. The summed E-state index contributed by atoms with van der Waals surface area (Å²) >= 11 is 3.59. The summed E-state index contributed by atoms with van der Waals surface area (Å²) in [4.78, 5) is 15.1. The van der Waals surface area contributed by atoms with Crippen molar-refractivity contribution in [3.05, 3.63) is 140 Å². The Morgan fingerprint density at radius 3 is 1.44 bits per heavy atom. The molecule has 0 radical (unpaired) electrons. The van der Waals surface area contributed by atoms with Gasteiger partial charge >= 0.3 is 31.1 Å². The molecule has 0 N–H and O–H groups in total. The number of benzene rings is 6. The van der Waals surface area contributed by atoms with Crippen LogP contribution < -0.4 is 0 Å². The van der Waals surface area contributed by atoms with Crippen LogP contribution >= 0.6 is 22.7 Å². The molecule has 0 spiro atoms. The summed E-state index contributed by atoms with van der Waals surface area (Å²) in [7, 11) is 0. The van der Waals surface area contributed by atoms with E-state index in [4.69, 9.17) is 15.0 Å². The third-order valence-corrected chi connectivity index (χ3v) is 10.2. The molecular weight excluding hydrogens is 813 g/mol. The van der Waals surface area contributed by atoms with E-state index in [1.54, 1.807) is 22.7 Å². The predicted octanol–water partition coefficient (Wildman–Crippen LogP) is 10.9. The van der Waals surface area contributed by atoms with Crippen molar-refractivity contribution in [2.24, 2.45) is 0 Å². The monoisotopic (exact) mass is 833 g/mol. The van der Waals surface area contributed by atoms with Crippen molar-refractivity contribution in [3.63, 3.8) is 0 Å². The summed E-state index contributed by atoms with van der Waals surface area (Å²) in [5.41, 5.74) is 4.81. The topological polar surface area (TPSA) is 38.7 Å². The van der Waals surface area contributed by atoms with Gasteiger partial charge in [0.25, 0.3) is 0 Å². The van der Waals surface area contributed by atoms with E-state index < -0.39 is 0 Å². The Labute approximate surface area is 291 Å². The Kier molecular flexibility index (Phi) is 7.32. The van der Waals surface area contributed by atoms with Crippen LogP contribution in [0, 0.1) is 43.2 Å². The minimum Gasteiger partial charge on any atom is -0.226 e. The third-order valence-electron chi connectivity index (χ3n) is 7.98. The Morgan fingerprint density at radius 2 is 0.911 bits per heavy atom. The van der Waals surface area contributed by atoms with Crippen LogP contribution in [-0.4, -0.2) is 15.0 Å². The second-order valence-corrected chi connectivity index (χ2v) is 12.9. The maximum atomic E-state index is 5.06. The molecule has 9 aromatic rings. The summed E-state index contributed by atoms with van der Waals surface area (Å²) in [6.45, 7) is 0. The van der Waals surface area contributed by atoms with E-state index in [9.17, 15) is 0 Å². The number of thiophene rings is 2. The molecule has 0 unspecified atom stereocenters. The first-order valence-corrected chi connectivity index (χ1v) is 16.0. The molecule has 0 aliphatic rings. The minimum atomic E-state index is 0. The summed E-state index contributed by atoms with van der Waals surface area (Å²) in [6, 6.07) is 50.9. The fourth-order valence-corrected chi connectivity index (χ4v) is 8.08. The van der Waals surface area contributed by atoms with Gasteiger partial charge < -0.3 is 0 Å². The second-order valence-electron chi connectivity index (χ2n) is 10.7. The molecule has 208 valence electrons. The largest absolute Gasteiger partial charge is 2.00 e. The molecule has 0 aliphatic carbocycles. The molecule has 0 atom stereocenters. The van der Waals surface area contributed by atoms with E-state index in [2.05, 4.69) is 109 Å². The van der Waals surface area contributed by atoms with Gasteiger partial charge in [-0.25, -0.2) is 26.1 Å². The van der Waals surface area contributed by atoms with E-state index in [0.29, 0.717) is 17.5 Å². The van der Waals surface area contributed by atoms with Crippen molar-refractivity contribution in [1.29, 1.82) is 0 Å². The van der Waals surface area contributed by atoms with E-state index in [1.165, 1.54) is 40.3 Å². The van der Waals surface area contributed by atoms with Crippen LogP contribution in [0.3, 0.4) is 0 Å². The summed E-state index contributed by atoms with van der Waals surface area (Å²) < 4.78 is 4.99. The predicted molar refractivity (Wildman–Crippen MR) is 185 cm³/mol. The smallest absolute Gasteiger partial charge is 0.226 e. The molecular formula is C39H21N3S2U. The normalized spacial score (nSPS) is 11.4. The third kappa shape index (κ3) is 5.09. The van der Waals surface area contributed by atoms with Gasteiger partial charge in [-0.1, -0.05) is 66.2 Å². The van der Waals surface area contributed by atoms with Gasteiger partial charge in [-0.05, 0) is 24.3 Å². The summed E-state index contributed by atoms with van der Waals surface area (Å²) in [5, 5.41) is 5.06. The van der Waals surface area contributed by atoms with Crippen LogP contribution in [0.5, 0.6) is 0 Å². The van der Waals surface area contributed by atoms with Crippen molar-refractivity contribution >= 4 is 63.0 Å².